The van der Waals surface area contributed by atoms with Crippen LogP contribution in [0.3, 0.4) is 0 Å². The van der Waals surface area contributed by atoms with Gasteiger partial charge >= 0.3 is 5.97 Å². The largest absolute Gasteiger partial charge is 0.475 e. The molecule has 0 fully saturated rings. The van der Waals surface area contributed by atoms with Gasteiger partial charge in [-0.2, -0.15) is 0 Å². The molecule has 0 aliphatic carbocycles. The number of aromatic carboxylic acids is 1. The first-order valence-corrected chi connectivity index (χ1v) is 14.8. The van der Waals surface area contributed by atoms with Gasteiger partial charge in [0.15, 0.2) is 0 Å². The zero-order valence-corrected chi connectivity index (χ0v) is 26.6. The Balaban J connectivity index is 0.000000184. The Labute approximate surface area is 281 Å². The fourth-order valence-electron chi connectivity index (χ4n) is 4.09. The zero-order chi connectivity index (χ0) is 35.2. The van der Waals surface area contributed by atoms with Crippen molar-refractivity contribution in [3.05, 3.63) is 167 Å². The number of nitrogens with two attached hydrogens (primary N) is 1. The highest BCUT2D eigenvalue weighted by Crippen LogP contribution is 2.13. The minimum atomic E-state index is -1.10. The van der Waals surface area contributed by atoms with E-state index >= 15 is 0 Å². The number of hydrogen-bond acceptors (Lipinski definition) is 9. The minimum absolute atomic E-state index is 0.0891. The van der Waals surface area contributed by atoms with E-state index in [0.29, 0.717) is 24.5 Å². The Morgan fingerprint density at radius 1 is 0.633 bits per heavy atom. The summed E-state index contributed by atoms with van der Waals surface area (Å²) in [4.78, 5) is 45.5. The van der Waals surface area contributed by atoms with E-state index < -0.39 is 11.9 Å². The fraction of sp³-hybridized carbons (Fsp3) is 0.111. The molecular formula is C36H32F2N8O3. The summed E-state index contributed by atoms with van der Waals surface area (Å²) in [6.07, 6.45) is 10.7. The van der Waals surface area contributed by atoms with Crippen molar-refractivity contribution in [3.8, 4) is 0 Å². The fourth-order valence-corrected chi connectivity index (χ4v) is 4.09. The van der Waals surface area contributed by atoms with E-state index in [0.717, 1.165) is 33.4 Å². The van der Waals surface area contributed by atoms with Crippen molar-refractivity contribution < 1.29 is 23.5 Å². The molecule has 6 aromatic rings. The van der Waals surface area contributed by atoms with Crippen molar-refractivity contribution in [3.63, 3.8) is 0 Å². The average Bonchev–Trinajstić information content (AvgIpc) is 3.08. The minimum Gasteiger partial charge on any atom is -0.475 e. The molecule has 13 heteroatoms. The number of nitrogen functional groups attached to an aromatic ring is 1. The Bertz CT molecular complexity index is 1980. The van der Waals surface area contributed by atoms with Crippen LogP contribution in [-0.2, 0) is 12.8 Å². The Hall–Kier alpha value is -6.50. The summed E-state index contributed by atoms with van der Waals surface area (Å²) in [7, 11) is 0. The summed E-state index contributed by atoms with van der Waals surface area (Å²) in [5, 5.41) is 11.0. The van der Waals surface area contributed by atoms with Crippen LogP contribution in [0.5, 0.6) is 0 Å². The molecule has 49 heavy (non-hydrogen) atoms. The lowest BCUT2D eigenvalue weighted by atomic mass is 10.1. The molecule has 0 aliphatic rings. The van der Waals surface area contributed by atoms with E-state index in [4.69, 9.17) is 10.8 Å². The number of hydrogen-bond donors (Lipinski definition) is 3. The predicted octanol–water partition coefficient (Wildman–Crippen LogP) is 6.04. The van der Waals surface area contributed by atoms with Crippen LogP contribution >= 0.6 is 0 Å². The number of benzene rings is 2. The quantitative estimate of drug-likeness (QED) is 0.183. The van der Waals surface area contributed by atoms with Gasteiger partial charge in [0.05, 0.1) is 0 Å². The molecule has 6 rings (SSSR count). The maximum Gasteiger partial charge on any atom is 0.373 e. The highest BCUT2D eigenvalue weighted by atomic mass is 19.1. The summed E-state index contributed by atoms with van der Waals surface area (Å²) in [6, 6.07) is 20.2. The van der Waals surface area contributed by atoms with E-state index in [1.807, 2.05) is 31.2 Å². The van der Waals surface area contributed by atoms with Crippen LogP contribution in [-0.4, -0.2) is 46.9 Å². The van der Waals surface area contributed by atoms with Gasteiger partial charge in [-0.15, -0.1) is 0 Å². The molecule has 0 saturated heterocycles. The Kier molecular flexibility index (Phi) is 12.6. The van der Waals surface area contributed by atoms with Crippen molar-refractivity contribution in [1.29, 1.82) is 0 Å². The van der Waals surface area contributed by atoms with Crippen molar-refractivity contribution >= 4 is 23.5 Å². The lowest BCUT2D eigenvalue weighted by molar-refractivity contribution is 0.0683. The molecule has 0 unspecified atom stereocenters. The first-order chi connectivity index (χ1) is 23.5. The third-order valence-corrected chi connectivity index (χ3v) is 6.46. The number of carboxylic acid groups (broad SMARTS) is 1. The number of carbonyl (C=O) groups is 2. The number of aromatic nitrogens is 6. The second-order valence-corrected chi connectivity index (χ2v) is 10.7. The van der Waals surface area contributed by atoms with Crippen molar-refractivity contribution in [1.82, 2.24) is 29.9 Å². The van der Waals surface area contributed by atoms with Crippen LogP contribution in [0.1, 0.15) is 54.6 Å². The molecular weight excluding hydrogens is 630 g/mol. The number of rotatable bonds is 7. The number of carboxylic acids is 1. The lowest BCUT2D eigenvalue weighted by Gasteiger charge is -2.05. The van der Waals surface area contributed by atoms with Crippen LogP contribution in [0, 0.1) is 25.5 Å². The standard InChI is InChI=1S/C18H15FN4O.C12H11FN2.C6H6N2O2/c1-12-9-21-17(22-10-12)18(24)23-16-6-5-14(11-20-16)7-13-3-2-4-15(19)8-13;13-11-3-1-2-9(7-11)6-10-4-5-12(14)15-8-10;1-4-2-7-5(6(9)10)8-3-4/h2-6,8-11H,7H2,1H3,(H,20,23,24);1-5,7-8H,6H2,(H2,14,15);2-3H,1H3,(H,9,10). The number of carbonyl (C=O) groups excluding carboxylic acids is 1. The molecule has 0 saturated carbocycles. The molecule has 11 nitrogen and oxygen atoms in total. The van der Waals surface area contributed by atoms with E-state index in [2.05, 4.69) is 35.2 Å². The summed E-state index contributed by atoms with van der Waals surface area (Å²) in [5.74, 6) is -1.15. The van der Waals surface area contributed by atoms with E-state index in [1.54, 1.807) is 56.0 Å². The predicted molar refractivity (Wildman–Crippen MR) is 180 cm³/mol. The van der Waals surface area contributed by atoms with Gasteiger partial charge < -0.3 is 16.2 Å². The third-order valence-electron chi connectivity index (χ3n) is 6.46. The molecule has 0 spiro atoms. The highest BCUT2D eigenvalue weighted by Gasteiger charge is 2.10. The smallest absolute Gasteiger partial charge is 0.373 e. The number of aryl methyl sites for hydroxylation is 2. The number of nitrogens with one attached hydrogen (secondary N) is 1. The maximum absolute atomic E-state index is 13.2. The molecule has 1 amide bonds. The first kappa shape index (κ1) is 35.4. The number of pyridine rings is 2. The number of anilines is 2. The average molecular weight is 663 g/mol. The van der Waals surface area contributed by atoms with E-state index in [-0.39, 0.29) is 23.3 Å². The number of amides is 1. The molecule has 248 valence electrons. The van der Waals surface area contributed by atoms with Gasteiger partial charge in [0, 0.05) is 37.2 Å². The normalized spacial score (nSPS) is 10.1. The lowest BCUT2D eigenvalue weighted by Crippen LogP contribution is -2.16. The number of halogens is 2. The highest BCUT2D eigenvalue weighted by molar-refractivity contribution is 6.00. The van der Waals surface area contributed by atoms with Crippen molar-refractivity contribution in [2.24, 2.45) is 0 Å². The molecule has 0 radical (unpaired) electrons. The van der Waals surface area contributed by atoms with Crippen molar-refractivity contribution in [2.75, 3.05) is 11.1 Å². The monoisotopic (exact) mass is 662 g/mol. The molecule has 4 aromatic heterocycles. The van der Waals surface area contributed by atoms with Crippen LogP contribution in [0.15, 0.2) is 110 Å². The van der Waals surface area contributed by atoms with Gasteiger partial charge in [-0.05, 0) is 96.5 Å². The van der Waals surface area contributed by atoms with Gasteiger partial charge in [-0.25, -0.2) is 43.5 Å². The molecule has 4 N–H and O–H groups in total. The van der Waals surface area contributed by atoms with Crippen LogP contribution in [0.2, 0.25) is 0 Å². The van der Waals surface area contributed by atoms with E-state index in [1.165, 1.54) is 36.7 Å². The van der Waals surface area contributed by atoms with Crippen LogP contribution in [0.25, 0.3) is 0 Å². The summed E-state index contributed by atoms with van der Waals surface area (Å²) >= 11 is 0. The van der Waals surface area contributed by atoms with Gasteiger partial charge in [-0.1, -0.05) is 36.4 Å². The third kappa shape index (κ3) is 12.0. The Morgan fingerprint density at radius 3 is 1.55 bits per heavy atom. The zero-order valence-electron chi connectivity index (χ0n) is 26.6. The molecule has 0 atom stereocenters. The molecule has 0 aliphatic heterocycles. The van der Waals surface area contributed by atoms with Crippen LogP contribution < -0.4 is 11.1 Å². The topological polar surface area (TPSA) is 170 Å². The number of nitrogens with zero attached hydrogens (tertiary/aromatic N) is 6. The van der Waals surface area contributed by atoms with E-state index in [9.17, 15) is 18.4 Å². The second kappa shape index (κ2) is 17.4. The van der Waals surface area contributed by atoms with Crippen LogP contribution in [0.4, 0.5) is 20.4 Å². The molecule has 4 heterocycles. The van der Waals surface area contributed by atoms with Gasteiger partial charge in [0.2, 0.25) is 11.6 Å². The maximum atomic E-state index is 13.2. The van der Waals surface area contributed by atoms with Gasteiger partial charge in [-0.3, -0.25) is 4.79 Å². The molecule has 0 bridgehead atoms. The first-order valence-electron chi connectivity index (χ1n) is 14.8. The summed E-state index contributed by atoms with van der Waals surface area (Å²) in [6.45, 7) is 3.65. The second-order valence-electron chi connectivity index (χ2n) is 10.7. The SMILES string of the molecule is Cc1cnc(C(=O)Nc2ccc(Cc3cccc(F)c3)cn2)nc1.Cc1cnc(C(=O)O)nc1.Nc1ccc(Cc2cccc(F)c2)cn1. The Morgan fingerprint density at radius 2 is 1.12 bits per heavy atom. The summed E-state index contributed by atoms with van der Waals surface area (Å²) < 4.78 is 26.1. The van der Waals surface area contributed by atoms with Gasteiger partial charge in [0.1, 0.15) is 23.3 Å². The summed E-state index contributed by atoms with van der Waals surface area (Å²) in [5.41, 5.74) is 10.9. The molecule has 2 aromatic carbocycles. The van der Waals surface area contributed by atoms with Gasteiger partial charge in [0.25, 0.3) is 5.91 Å². The van der Waals surface area contributed by atoms with Crippen molar-refractivity contribution in [2.45, 2.75) is 26.7 Å².